The van der Waals surface area contributed by atoms with Crippen molar-refractivity contribution in [2.45, 2.75) is 187 Å². The van der Waals surface area contributed by atoms with E-state index in [1.54, 1.807) is 28.4 Å². The predicted molar refractivity (Wildman–Crippen MR) is 248 cm³/mol. The van der Waals surface area contributed by atoms with Gasteiger partial charge in [0.2, 0.25) is 5.91 Å². The van der Waals surface area contributed by atoms with Gasteiger partial charge in [-0.2, -0.15) is 0 Å². The maximum absolute atomic E-state index is 14.3. The standard InChI is InChI=1S/C51H78FN3O3S/c1-2-3-4-5-6-7-8-9-10-11-12-13-14-15-16-17-18-19-20-21-22-23-24-25-26-51(57)58-42-55-47-39-43(27-28-44(47)29-30-50(55)56)31-33-53-34-36-54(37-35-53)48-40-45(52)41-49-46(48)32-38-59-49/h27-28,32,38-41H,2-26,29-31,33-37,42H2,1H3. The maximum atomic E-state index is 14.3. The average Bonchev–Trinajstić information content (AvgIpc) is 3.72. The van der Waals surface area contributed by atoms with Crippen molar-refractivity contribution in [1.29, 1.82) is 0 Å². The molecule has 1 saturated heterocycles. The van der Waals surface area contributed by atoms with Gasteiger partial charge in [0.15, 0.2) is 6.73 Å². The van der Waals surface area contributed by atoms with Crippen molar-refractivity contribution in [3.63, 3.8) is 0 Å². The summed E-state index contributed by atoms with van der Waals surface area (Å²) in [5.74, 6) is -0.365. The predicted octanol–water partition coefficient (Wildman–Crippen LogP) is 14.0. The lowest BCUT2D eigenvalue weighted by Crippen LogP contribution is -2.47. The number of rotatable bonds is 31. The van der Waals surface area contributed by atoms with Gasteiger partial charge in [0, 0.05) is 61.3 Å². The number of thiophene rings is 1. The second kappa shape index (κ2) is 27.8. The Balaban J connectivity index is 0.843. The Morgan fingerprint density at radius 1 is 0.661 bits per heavy atom. The molecule has 0 N–H and O–H groups in total. The minimum atomic E-state index is -0.211. The molecule has 3 heterocycles. The van der Waals surface area contributed by atoms with E-state index < -0.39 is 0 Å². The van der Waals surface area contributed by atoms with Gasteiger partial charge in [-0.15, -0.1) is 11.3 Å². The first-order valence-corrected chi connectivity index (χ1v) is 25.1. The number of anilines is 2. The highest BCUT2D eigenvalue weighted by Gasteiger charge is 2.26. The minimum Gasteiger partial charge on any atom is -0.444 e. The Labute approximate surface area is 361 Å². The number of hydrogen-bond acceptors (Lipinski definition) is 6. The molecule has 1 fully saturated rings. The van der Waals surface area contributed by atoms with E-state index in [9.17, 15) is 14.0 Å². The quantitative estimate of drug-likeness (QED) is 0.0477. The smallest absolute Gasteiger partial charge is 0.307 e. The molecule has 0 unspecified atom stereocenters. The number of hydrogen-bond donors (Lipinski definition) is 0. The van der Waals surface area contributed by atoms with Crippen molar-refractivity contribution in [1.82, 2.24) is 4.90 Å². The van der Waals surface area contributed by atoms with Crippen LogP contribution in [0.3, 0.4) is 0 Å². The lowest BCUT2D eigenvalue weighted by Gasteiger charge is -2.36. The summed E-state index contributed by atoms with van der Waals surface area (Å²) in [6, 6.07) is 11.8. The van der Waals surface area contributed by atoms with E-state index in [1.807, 2.05) is 5.38 Å². The molecule has 8 heteroatoms. The fourth-order valence-electron chi connectivity index (χ4n) is 9.10. The van der Waals surface area contributed by atoms with Crippen LogP contribution in [0.4, 0.5) is 15.8 Å². The highest BCUT2D eigenvalue weighted by atomic mass is 32.1. The zero-order chi connectivity index (χ0) is 41.3. The first-order chi connectivity index (χ1) is 29.0. The fraction of sp³-hybridized carbons (Fsp3) is 0.686. The molecule has 0 aliphatic carbocycles. The topological polar surface area (TPSA) is 53.1 Å². The Morgan fingerprint density at radius 3 is 1.80 bits per heavy atom. The molecular weight excluding hydrogens is 754 g/mol. The molecule has 0 atom stereocenters. The number of amides is 1. The summed E-state index contributed by atoms with van der Waals surface area (Å²) < 4.78 is 21.0. The van der Waals surface area contributed by atoms with Crippen molar-refractivity contribution >= 4 is 44.7 Å². The second-order valence-corrected chi connectivity index (χ2v) is 18.6. The molecule has 2 aromatic carbocycles. The Hall–Kier alpha value is -2.97. The van der Waals surface area contributed by atoms with Crippen LogP contribution >= 0.6 is 11.3 Å². The third-order valence-electron chi connectivity index (χ3n) is 12.9. The molecule has 1 aromatic heterocycles. The largest absolute Gasteiger partial charge is 0.444 e. The highest BCUT2D eigenvalue weighted by molar-refractivity contribution is 7.17. The van der Waals surface area contributed by atoms with E-state index in [1.165, 1.54) is 147 Å². The molecule has 5 rings (SSSR count). The molecule has 0 spiro atoms. The SMILES string of the molecule is CCCCCCCCCCCCCCCCCCCCCCCCCCC(=O)OCN1C(=O)CCc2ccc(CCN3CCN(c4cc(F)cc5sccc45)CC3)cc21. The summed E-state index contributed by atoms with van der Waals surface area (Å²) in [5.41, 5.74) is 4.20. The number of fused-ring (bicyclic) bond motifs is 2. The van der Waals surface area contributed by atoms with Crippen molar-refractivity contribution in [3.05, 3.63) is 58.7 Å². The third-order valence-corrected chi connectivity index (χ3v) is 13.7. The summed E-state index contributed by atoms with van der Waals surface area (Å²) in [5, 5.41) is 3.17. The number of aryl methyl sites for hydroxylation is 1. The summed E-state index contributed by atoms with van der Waals surface area (Å²) in [6.07, 6.45) is 35.1. The van der Waals surface area contributed by atoms with Crippen LogP contribution in [0.5, 0.6) is 0 Å². The summed E-state index contributed by atoms with van der Waals surface area (Å²) in [6.45, 7) is 6.79. The number of nitrogens with zero attached hydrogens (tertiary/aromatic N) is 3. The molecule has 1 amide bonds. The zero-order valence-electron chi connectivity index (χ0n) is 36.9. The maximum Gasteiger partial charge on any atom is 0.307 e. The van der Waals surface area contributed by atoms with E-state index in [0.717, 1.165) is 85.4 Å². The van der Waals surface area contributed by atoms with E-state index in [2.05, 4.69) is 41.0 Å². The molecule has 59 heavy (non-hydrogen) atoms. The number of ether oxygens (including phenoxy) is 1. The number of piperazine rings is 1. The highest BCUT2D eigenvalue weighted by Crippen LogP contribution is 2.33. The number of carbonyl (C=O) groups is 2. The molecule has 0 saturated carbocycles. The third kappa shape index (κ3) is 17.1. The molecule has 0 bridgehead atoms. The fourth-order valence-corrected chi connectivity index (χ4v) is 9.93. The summed E-state index contributed by atoms with van der Waals surface area (Å²) in [4.78, 5) is 32.1. The normalized spacial score (nSPS) is 14.7. The molecule has 0 radical (unpaired) electrons. The Kier molecular flexibility index (Phi) is 22.2. The van der Waals surface area contributed by atoms with E-state index >= 15 is 0 Å². The van der Waals surface area contributed by atoms with E-state index in [0.29, 0.717) is 12.8 Å². The molecular formula is C51H78FN3O3S. The number of halogens is 1. The van der Waals surface area contributed by atoms with Crippen LogP contribution in [-0.2, 0) is 27.2 Å². The molecule has 2 aliphatic rings. The van der Waals surface area contributed by atoms with Crippen molar-refractivity contribution in [2.75, 3.05) is 49.3 Å². The number of benzene rings is 2. The summed E-state index contributed by atoms with van der Waals surface area (Å²) in [7, 11) is 0. The first kappa shape index (κ1) is 47.1. The summed E-state index contributed by atoms with van der Waals surface area (Å²) >= 11 is 1.59. The van der Waals surface area contributed by atoms with Crippen molar-refractivity contribution < 1.29 is 18.7 Å². The molecule has 328 valence electrons. The molecule has 2 aliphatic heterocycles. The van der Waals surface area contributed by atoms with Gasteiger partial charge in [0.05, 0.1) is 5.69 Å². The minimum absolute atomic E-state index is 0.00699. The van der Waals surface area contributed by atoms with Crippen LogP contribution in [0.2, 0.25) is 0 Å². The van der Waals surface area contributed by atoms with E-state index in [4.69, 9.17) is 4.74 Å². The van der Waals surface area contributed by atoms with Gasteiger partial charge in [-0.3, -0.25) is 19.4 Å². The number of unbranched alkanes of at least 4 members (excludes halogenated alkanes) is 23. The lowest BCUT2D eigenvalue weighted by atomic mass is 9.98. The van der Waals surface area contributed by atoms with Gasteiger partial charge in [-0.1, -0.05) is 167 Å². The van der Waals surface area contributed by atoms with E-state index in [-0.39, 0.29) is 24.4 Å². The van der Waals surface area contributed by atoms with Crippen LogP contribution in [0.1, 0.15) is 185 Å². The monoisotopic (exact) mass is 832 g/mol. The van der Waals surface area contributed by atoms with Gasteiger partial charge < -0.3 is 9.64 Å². The second-order valence-electron chi connectivity index (χ2n) is 17.6. The van der Waals surface area contributed by atoms with Crippen molar-refractivity contribution in [3.8, 4) is 0 Å². The Morgan fingerprint density at radius 2 is 1.22 bits per heavy atom. The van der Waals surface area contributed by atoms with Gasteiger partial charge >= 0.3 is 5.97 Å². The molecule has 3 aromatic rings. The van der Waals surface area contributed by atoms with Gasteiger partial charge in [0.1, 0.15) is 5.82 Å². The average molecular weight is 832 g/mol. The van der Waals surface area contributed by atoms with Gasteiger partial charge in [-0.25, -0.2) is 4.39 Å². The van der Waals surface area contributed by atoms with Crippen LogP contribution in [0, 0.1) is 5.82 Å². The van der Waals surface area contributed by atoms with Crippen LogP contribution in [0.25, 0.3) is 10.1 Å². The van der Waals surface area contributed by atoms with Crippen LogP contribution in [0.15, 0.2) is 41.8 Å². The number of carbonyl (C=O) groups excluding carboxylic acids is 2. The lowest BCUT2D eigenvalue weighted by molar-refractivity contribution is -0.144. The number of esters is 1. The zero-order valence-corrected chi connectivity index (χ0v) is 37.8. The van der Waals surface area contributed by atoms with Crippen LogP contribution in [-0.4, -0.2) is 56.2 Å². The molecule has 6 nitrogen and oxygen atoms in total. The van der Waals surface area contributed by atoms with Crippen molar-refractivity contribution in [2.24, 2.45) is 0 Å². The Bertz CT molecular complexity index is 1640. The van der Waals surface area contributed by atoms with Gasteiger partial charge in [0.25, 0.3) is 0 Å². The van der Waals surface area contributed by atoms with Crippen LogP contribution < -0.4 is 9.80 Å². The first-order valence-electron chi connectivity index (χ1n) is 24.2. The van der Waals surface area contributed by atoms with Gasteiger partial charge in [-0.05, 0) is 60.0 Å².